The molecule has 3 fully saturated rings. The SMILES string of the molecule is CO[C@@H]1CC2C(NC(=O)C(C(=O)O)c3ccccc3)C(=O)N2[C@@H](C(=O)O)O1.NC1CCCCC1. The van der Waals surface area contributed by atoms with E-state index < -0.39 is 54.3 Å². The van der Waals surface area contributed by atoms with Gasteiger partial charge >= 0.3 is 11.9 Å². The summed E-state index contributed by atoms with van der Waals surface area (Å²) in [5.74, 6) is -5.69. The number of methoxy groups -OCH3 is 1. The first-order valence-electron chi connectivity index (χ1n) is 11.3. The molecule has 2 aliphatic heterocycles. The van der Waals surface area contributed by atoms with Gasteiger partial charge in [0.2, 0.25) is 18.0 Å². The summed E-state index contributed by atoms with van der Waals surface area (Å²) in [6.45, 7) is 0. The molecular weight excluding hydrogens is 446 g/mol. The van der Waals surface area contributed by atoms with Crippen molar-refractivity contribution in [3.8, 4) is 0 Å². The van der Waals surface area contributed by atoms with E-state index in [9.17, 15) is 29.4 Å². The Morgan fingerprint density at radius 3 is 2.29 bits per heavy atom. The molecule has 5 N–H and O–H groups in total. The number of nitrogens with two attached hydrogens (primary N) is 1. The molecule has 4 rings (SSSR count). The molecule has 186 valence electrons. The summed E-state index contributed by atoms with van der Waals surface area (Å²) < 4.78 is 10.2. The monoisotopic (exact) mass is 477 g/mol. The molecule has 3 aliphatic rings. The van der Waals surface area contributed by atoms with Crippen LogP contribution in [0, 0.1) is 0 Å². The van der Waals surface area contributed by atoms with Crippen molar-refractivity contribution in [2.45, 2.75) is 75.1 Å². The molecule has 5 atom stereocenters. The number of β-lactam (4-membered cyclic amide) rings is 1. The van der Waals surface area contributed by atoms with Crippen molar-refractivity contribution in [2.24, 2.45) is 5.73 Å². The fourth-order valence-corrected chi connectivity index (χ4v) is 4.48. The van der Waals surface area contributed by atoms with Gasteiger partial charge in [-0.2, -0.15) is 0 Å². The van der Waals surface area contributed by atoms with E-state index in [-0.39, 0.29) is 12.0 Å². The summed E-state index contributed by atoms with van der Waals surface area (Å²) >= 11 is 0. The van der Waals surface area contributed by atoms with E-state index in [1.54, 1.807) is 18.2 Å². The third kappa shape index (κ3) is 5.72. The van der Waals surface area contributed by atoms with Gasteiger partial charge in [-0.15, -0.1) is 0 Å². The smallest absolute Gasteiger partial charge is 0.354 e. The van der Waals surface area contributed by atoms with E-state index in [0.29, 0.717) is 6.04 Å². The Bertz CT molecular complexity index is 889. The lowest BCUT2D eigenvalue weighted by Gasteiger charge is -2.53. The van der Waals surface area contributed by atoms with Crippen LogP contribution in [-0.2, 0) is 28.7 Å². The van der Waals surface area contributed by atoms with Gasteiger partial charge in [-0.05, 0) is 18.4 Å². The summed E-state index contributed by atoms with van der Waals surface area (Å²) in [5, 5.41) is 21.1. The second kappa shape index (κ2) is 11.4. The number of ether oxygens (including phenoxy) is 2. The molecule has 2 heterocycles. The van der Waals surface area contributed by atoms with Crippen LogP contribution in [0.25, 0.3) is 0 Å². The van der Waals surface area contributed by atoms with Gasteiger partial charge in [-0.3, -0.25) is 19.3 Å². The van der Waals surface area contributed by atoms with Crippen molar-refractivity contribution < 1.29 is 38.9 Å². The Balaban J connectivity index is 0.000000396. The molecule has 3 unspecified atom stereocenters. The standard InChI is InChI=1S/C17H18N2O8.C6H13N/c1-26-10-7-9-12(14(21)19(9)15(27-10)17(24)25)18-13(20)11(16(22)23)8-5-3-2-4-6-8;7-6-4-2-1-3-5-6/h2-6,9-12,15H,7H2,1H3,(H,18,20)(H,22,23)(H,24,25);6H,1-5,7H2/t9?,10-,11?,12?,15+;/m0./s1. The lowest BCUT2D eigenvalue weighted by Crippen LogP contribution is -2.77. The number of benzene rings is 1. The lowest BCUT2D eigenvalue weighted by atomic mass is 9.88. The summed E-state index contributed by atoms with van der Waals surface area (Å²) in [6.07, 6.45) is 4.44. The van der Waals surface area contributed by atoms with Crippen molar-refractivity contribution in [3.63, 3.8) is 0 Å². The Morgan fingerprint density at radius 1 is 1.15 bits per heavy atom. The van der Waals surface area contributed by atoms with Crippen LogP contribution < -0.4 is 11.1 Å². The Hall–Kier alpha value is -3.02. The van der Waals surface area contributed by atoms with Crippen LogP contribution in [0.5, 0.6) is 0 Å². The van der Waals surface area contributed by atoms with Crippen molar-refractivity contribution in [2.75, 3.05) is 7.11 Å². The van der Waals surface area contributed by atoms with Crippen molar-refractivity contribution in [1.82, 2.24) is 10.2 Å². The number of rotatable bonds is 6. The van der Waals surface area contributed by atoms with Gasteiger partial charge < -0.3 is 30.7 Å². The number of hydrogen-bond donors (Lipinski definition) is 4. The molecule has 1 aliphatic carbocycles. The average Bonchev–Trinajstić information content (AvgIpc) is 2.83. The molecule has 34 heavy (non-hydrogen) atoms. The van der Waals surface area contributed by atoms with Crippen LogP contribution in [0.2, 0.25) is 0 Å². The van der Waals surface area contributed by atoms with E-state index in [1.807, 2.05) is 0 Å². The Morgan fingerprint density at radius 2 is 1.79 bits per heavy atom. The highest BCUT2D eigenvalue weighted by Gasteiger charge is 2.57. The largest absolute Gasteiger partial charge is 0.480 e. The van der Waals surface area contributed by atoms with Crippen LogP contribution in [0.4, 0.5) is 0 Å². The molecule has 1 aromatic carbocycles. The fraction of sp³-hybridized carbons (Fsp3) is 0.565. The highest BCUT2D eigenvalue weighted by atomic mass is 16.7. The van der Waals surface area contributed by atoms with E-state index in [1.165, 1.54) is 51.3 Å². The molecule has 1 aromatic rings. The summed E-state index contributed by atoms with van der Waals surface area (Å²) in [7, 11) is 1.34. The number of hydrogen-bond acceptors (Lipinski definition) is 7. The number of nitrogens with one attached hydrogen (secondary N) is 1. The van der Waals surface area contributed by atoms with Gasteiger partial charge in [0.1, 0.15) is 6.04 Å². The fourth-order valence-electron chi connectivity index (χ4n) is 4.48. The zero-order chi connectivity index (χ0) is 24.8. The molecule has 0 radical (unpaired) electrons. The van der Waals surface area contributed by atoms with Crippen molar-refractivity contribution >= 4 is 23.8 Å². The molecule has 2 amide bonds. The maximum absolute atomic E-state index is 12.5. The van der Waals surface area contributed by atoms with Gasteiger partial charge in [0.05, 0.1) is 6.04 Å². The molecule has 0 aromatic heterocycles. The minimum Gasteiger partial charge on any atom is -0.480 e. The number of nitrogens with zero attached hydrogens (tertiary/aromatic N) is 1. The first-order chi connectivity index (χ1) is 16.2. The Labute approximate surface area is 197 Å². The van der Waals surface area contributed by atoms with E-state index in [0.717, 1.165) is 4.90 Å². The topological polar surface area (TPSA) is 168 Å². The average molecular weight is 478 g/mol. The molecule has 0 spiro atoms. The van der Waals surface area contributed by atoms with Gasteiger partial charge in [0.15, 0.2) is 12.2 Å². The molecule has 2 saturated heterocycles. The Kier molecular flexibility index (Phi) is 8.59. The second-order valence-corrected chi connectivity index (χ2v) is 8.61. The van der Waals surface area contributed by atoms with E-state index in [4.69, 9.17) is 15.2 Å². The van der Waals surface area contributed by atoms with E-state index >= 15 is 0 Å². The molecule has 11 heteroatoms. The van der Waals surface area contributed by atoms with Crippen LogP contribution in [0.15, 0.2) is 30.3 Å². The third-order valence-corrected chi connectivity index (χ3v) is 6.29. The second-order valence-electron chi connectivity index (χ2n) is 8.61. The maximum atomic E-state index is 12.5. The lowest BCUT2D eigenvalue weighted by molar-refractivity contribution is -0.262. The van der Waals surface area contributed by atoms with Crippen molar-refractivity contribution in [1.29, 1.82) is 0 Å². The van der Waals surface area contributed by atoms with Crippen LogP contribution >= 0.6 is 0 Å². The van der Waals surface area contributed by atoms with Gasteiger partial charge in [0.25, 0.3) is 0 Å². The van der Waals surface area contributed by atoms with Crippen LogP contribution in [0.3, 0.4) is 0 Å². The number of amides is 2. The third-order valence-electron chi connectivity index (χ3n) is 6.29. The number of carboxylic acid groups (broad SMARTS) is 2. The maximum Gasteiger partial charge on any atom is 0.354 e. The summed E-state index contributed by atoms with van der Waals surface area (Å²) in [5.41, 5.74) is 5.91. The molecule has 0 bridgehead atoms. The minimum atomic E-state index is -1.52. The van der Waals surface area contributed by atoms with Crippen LogP contribution in [0.1, 0.15) is 50.0 Å². The van der Waals surface area contributed by atoms with Gasteiger partial charge in [-0.1, -0.05) is 49.6 Å². The molecule has 1 saturated carbocycles. The van der Waals surface area contributed by atoms with Crippen molar-refractivity contribution in [3.05, 3.63) is 35.9 Å². The first kappa shape index (κ1) is 25.6. The number of fused-ring (bicyclic) bond motifs is 1. The van der Waals surface area contributed by atoms with Gasteiger partial charge in [0, 0.05) is 19.6 Å². The van der Waals surface area contributed by atoms with Gasteiger partial charge in [-0.25, -0.2) is 4.79 Å². The number of carbonyl (C=O) groups is 4. The zero-order valence-electron chi connectivity index (χ0n) is 19.0. The minimum absolute atomic E-state index is 0.153. The normalized spacial score (nSPS) is 27.4. The summed E-state index contributed by atoms with van der Waals surface area (Å²) in [6, 6.07) is 6.74. The van der Waals surface area contributed by atoms with E-state index in [2.05, 4.69) is 5.32 Å². The van der Waals surface area contributed by atoms with Crippen LogP contribution in [-0.4, -0.2) is 76.6 Å². The first-order valence-corrected chi connectivity index (χ1v) is 11.3. The number of carbonyl (C=O) groups excluding carboxylic acids is 2. The molecule has 11 nitrogen and oxygen atoms in total. The predicted octanol–water partition coefficient (Wildman–Crippen LogP) is 0.632. The highest BCUT2D eigenvalue weighted by molar-refractivity contribution is 6.05. The zero-order valence-corrected chi connectivity index (χ0v) is 19.0. The molecular formula is C23H31N3O8. The predicted molar refractivity (Wildman–Crippen MR) is 118 cm³/mol. The number of aliphatic carboxylic acids is 2. The quantitative estimate of drug-likeness (QED) is 0.339. The summed E-state index contributed by atoms with van der Waals surface area (Å²) in [4.78, 5) is 48.8. The highest BCUT2D eigenvalue weighted by Crippen LogP contribution is 2.34. The number of carboxylic acids is 2.